The number of piperidine rings is 1. The molecule has 4 rings (SSSR count). The van der Waals surface area contributed by atoms with Crippen molar-refractivity contribution in [2.75, 3.05) is 39.4 Å². The van der Waals surface area contributed by atoms with Gasteiger partial charge in [-0.3, -0.25) is 9.69 Å². The zero-order chi connectivity index (χ0) is 18.1. The molecule has 0 spiro atoms. The van der Waals surface area contributed by atoms with Crippen molar-refractivity contribution in [2.24, 2.45) is 11.8 Å². The molecule has 0 aromatic heterocycles. The molecule has 2 saturated heterocycles. The largest absolute Gasteiger partial charge is 0.486 e. The number of rotatable bonds is 3. The maximum Gasteiger partial charge on any atom is 0.236 e. The molecule has 0 saturated carbocycles. The summed E-state index contributed by atoms with van der Waals surface area (Å²) in [6, 6.07) is 6.55. The van der Waals surface area contributed by atoms with Crippen molar-refractivity contribution in [1.29, 1.82) is 0 Å². The summed E-state index contributed by atoms with van der Waals surface area (Å²) in [5.74, 6) is 3.17. The van der Waals surface area contributed by atoms with Crippen molar-refractivity contribution < 1.29 is 14.3 Å². The van der Waals surface area contributed by atoms with Crippen molar-refractivity contribution in [1.82, 2.24) is 9.80 Å². The van der Waals surface area contributed by atoms with E-state index in [1.54, 1.807) is 0 Å². The molecule has 26 heavy (non-hydrogen) atoms. The summed E-state index contributed by atoms with van der Waals surface area (Å²) in [4.78, 5) is 17.3. The van der Waals surface area contributed by atoms with Gasteiger partial charge in [0.25, 0.3) is 0 Å². The fourth-order valence-corrected chi connectivity index (χ4v) is 4.80. The molecule has 1 aromatic carbocycles. The molecule has 3 aliphatic rings. The van der Waals surface area contributed by atoms with Gasteiger partial charge >= 0.3 is 0 Å². The van der Waals surface area contributed by atoms with E-state index in [1.165, 1.54) is 12.0 Å². The molecular weight excluding hydrogens is 328 g/mol. The highest BCUT2D eigenvalue weighted by molar-refractivity contribution is 5.78. The van der Waals surface area contributed by atoms with Crippen molar-refractivity contribution in [3.8, 4) is 11.5 Å². The lowest BCUT2D eigenvalue weighted by molar-refractivity contribution is -0.135. The molecule has 3 heterocycles. The third-order valence-electron chi connectivity index (χ3n) is 5.87. The Balaban J connectivity index is 1.44. The summed E-state index contributed by atoms with van der Waals surface area (Å²) in [5, 5.41) is 0. The second-order valence-corrected chi connectivity index (χ2v) is 8.28. The third kappa shape index (κ3) is 3.68. The van der Waals surface area contributed by atoms with E-state index < -0.39 is 0 Å². The van der Waals surface area contributed by atoms with Crippen LogP contribution in [0, 0.1) is 11.8 Å². The van der Waals surface area contributed by atoms with Crippen LogP contribution in [0.4, 0.5) is 0 Å². The van der Waals surface area contributed by atoms with Crippen LogP contribution in [0.25, 0.3) is 0 Å². The molecule has 1 aromatic rings. The normalized spacial score (nSPS) is 29.0. The number of amides is 1. The Morgan fingerprint density at radius 1 is 1.12 bits per heavy atom. The number of carbonyl (C=O) groups excluding carboxylic acids is 1. The zero-order valence-corrected chi connectivity index (χ0v) is 15.9. The fraction of sp³-hybridized carbons (Fsp3) is 0.667. The summed E-state index contributed by atoms with van der Waals surface area (Å²) in [5.41, 5.74) is 1.24. The van der Waals surface area contributed by atoms with Crippen LogP contribution in [0.1, 0.15) is 44.7 Å². The smallest absolute Gasteiger partial charge is 0.236 e. The zero-order valence-electron chi connectivity index (χ0n) is 15.9. The molecule has 0 aliphatic carbocycles. The van der Waals surface area contributed by atoms with Crippen LogP contribution >= 0.6 is 0 Å². The van der Waals surface area contributed by atoms with Crippen LogP contribution in [0.5, 0.6) is 11.5 Å². The number of hydrogen-bond acceptors (Lipinski definition) is 4. The lowest BCUT2D eigenvalue weighted by Crippen LogP contribution is -2.46. The standard InChI is InChI=1S/C21H30N2O3/c1-15-10-16(2)13-23(12-15)21(24)14-22-7-3-4-18(22)17-5-6-19-20(11-17)26-9-8-25-19/h5-6,11,15-16,18H,3-4,7-10,12-14H2,1-2H3/t15-,16+,18-/m1/s1. The van der Waals surface area contributed by atoms with E-state index in [0.29, 0.717) is 37.6 Å². The van der Waals surface area contributed by atoms with Crippen molar-refractivity contribution in [3.05, 3.63) is 23.8 Å². The Morgan fingerprint density at radius 3 is 2.62 bits per heavy atom. The number of hydrogen-bond donors (Lipinski definition) is 0. The molecule has 1 amide bonds. The molecule has 3 aliphatic heterocycles. The molecular formula is C21H30N2O3. The number of benzene rings is 1. The summed E-state index contributed by atoms with van der Waals surface area (Å²) in [6.07, 6.45) is 3.46. The van der Waals surface area contributed by atoms with Gasteiger partial charge in [-0.05, 0) is 55.3 Å². The number of likely N-dealkylation sites (tertiary alicyclic amines) is 2. The summed E-state index contributed by atoms with van der Waals surface area (Å²) < 4.78 is 11.4. The van der Waals surface area contributed by atoms with Crippen molar-refractivity contribution in [3.63, 3.8) is 0 Å². The van der Waals surface area contributed by atoms with Crippen LogP contribution < -0.4 is 9.47 Å². The summed E-state index contributed by atoms with van der Waals surface area (Å²) in [7, 11) is 0. The highest BCUT2D eigenvalue weighted by Gasteiger charge is 2.32. The Kier molecular flexibility index (Phi) is 5.07. The minimum absolute atomic E-state index is 0.285. The van der Waals surface area contributed by atoms with Gasteiger partial charge in [0, 0.05) is 19.1 Å². The van der Waals surface area contributed by atoms with Gasteiger partial charge in [0.05, 0.1) is 6.54 Å². The predicted octanol–water partition coefficient (Wildman–Crippen LogP) is 3.10. The van der Waals surface area contributed by atoms with Crippen LogP contribution in [0.15, 0.2) is 18.2 Å². The van der Waals surface area contributed by atoms with E-state index in [4.69, 9.17) is 9.47 Å². The molecule has 5 nitrogen and oxygen atoms in total. The highest BCUT2D eigenvalue weighted by atomic mass is 16.6. The molecule has 0 unspecified atom stereocenters. The second-order valence-electron chi connectivity index (χ2n) is 8.28. The molecule has 0 N–H and O–H groups in total. The van der Waals surface area contributed by atoms with Crippen LogP contribution in [0.3, 0.4) is 0 Å². The minimum Gasteiger partial charge on any atom is -0.486 e. The van der Waals surface area contributed by atoms with Gasteiger partial charge in [-0.2, -0.15) is 0 Å². The SMILES string of the molecule is C[C@@H]1C[C@H](C)CN(C(=O)CN2CCC[C@@H]2c2ccc3c(c2)OCCO3)C1. The molecule has 142 valence electrons. The highest BCUT2D eigenvalue weighted by Crippen LogP contribution is 2.38. The van der Waals surface area contributed by atoms with E-state index in [1.807, 2.05) is 6.07 Å². The van der Waals surface area contributed by atoms with E-state index in [2.05, 4.69) is 35.8 Å². The van der Waals surface area contributed by atoms with Gasteiger partial charge in [-0.1, -0.05) is 19.9 Å². The first-order valence-corrected chi connectivity index (χ1v) is 10.0. The first-order chi connectivity index (χ1) is 12.6. The van der Waals surface area contributed by atoms with Gasteiger partial charge in [-0.15, -0.1) is 0 Å². The maximum absolute atomic E-state index is 12.9. The van der Waals surface area contributed by atoms with E-state index in [9.17, 15) is 4.79 Å². The first kappa shape index (κ1) is 17.7. The van der Waals surface area contributed by atoms with Gasteiger partial charge in [0.2, 0.25) is 5.91 Å². The van der Waals surface area contributed by atoms with E-state index in [0.717, 1.165) is 44.0 Å². The molecule has 0 radical (unpaired) electrons. The van der Waals surface area contributed by atoms with Gasteiger partial charge < -0.3 is 14.4 Å². The van der Waals surface area contributed by atoms with Crippen LogP contribution in [-0.4, -0.2) is 55.1 Å². The Labute approximate surface area is 156 Å². The number of carbonyl (C=O) groups is 1. The lowest BCUT2D eigenvalue weighted by atomic mass is 9.92. The number of ether oxygens (including phenoxy) is 2. The Bertz CT molecular complexity index is 653. The van der Waals surface area contributed by atoms with E-state index >= 15 is 0 Å². The Hall–Kier alpha value is -1.75. The molecule has 3 atom stereocenters. The van der Waals surface area contributed by atoms with Gasteiger partial charge in [0.15, 0.2) is 11.5 Å². The average molecular weight is 358 g/mol. The quantitative estimate of drug-likeness (QED) is 0.833. The lowest BCUT2D eigenvalue weighted by Gasteiger charge is -2.36. The number of fused-ring (bicyclic) bond motifs is 1. The maximum atomic E-state index is 12.9. The van der Waals surface area contributed by atoms with Crippen molar-refractivity contribution in [2.45, 2.75) is 39.2 Å². The minimum atomic E-state index is 0.285. The van der Waals surface area contributed by atoms with Gasteiger partial charge in [0.1, 0.15) is 13.2 Å². The average Bonchev–Trinajstić information content (AvgIpc) is 3.08. The number of nitrogens with zero attached hydrogens (tertiary/aromatic N) is 2. The molecule has 2 fully saturated rings. The first-order valence-electron chi connectivity index (χ1n) is 10.0. The molecule has 0 bridgehead atoms. The topological polar surface area (TPSA) is 42.0 Å². The molecule has 5 heteroatoms. The van der Waals surface area contributed by atoms with Gasteiger partial charge in [-0.25, -0.2) is 0 Å². The third-order valence-corrected chi connectivity index (χ3v) is 5.87. The summed E-state index contributed by atoms with van der Waals surface area (Å²) in [6.45, 7) is 9.06. The fourth-order valence-electron chi connectivity index (χ4n) is 4.80. The summed E-state index contributed by atoms with van der Waals surface area (Å²) >= 11 is 0. The van der Waals surface area contributed by atoms with Crippen LogP contribution in [-0.2, 0) is 4.79 Å². The second kappa shape index (κ2) is 7.47. The Morgan fingerprint density at radius 2 is 1.85 bits per heavy atom. The predicted molar refractivity (Wildman–Crippen MR) is 101 cm³/mol. The monoisotopic (exact) mass is 358 g/mol. The van der Waals surface area contributed by atoms with E-state index in [-0.39, 0.29) is 5.91 Å². The van der Waals surface area contributed by atoms with Crippen LogP contribution in [0.2, 0.25) is 0 Å². The van der Waals surface area contributed by atoms with Crippen molar-refractivity contribution >= 4 is 5.91 Å².